The van der Waals surface area contributed by atoms with Crippen molar-refractivity contribution < 1.29 is 9.53 Å². The number of nitrogens with one attached hydrogen (secondary N) is 2. The average Bonchev–Trinajstić information content (AvgIpc) is 2.89. The van der Waals surface area contributed by atoms with Crippen LogP contribution in [-0.2, 0) is 9.53 Å². The van der Waals surface area contributed by atoms with E-state index in [1.54, 1.807) is 0 Å². The fraction of sp³-hybridized carbons (Fsp3) is 0.929. The molecule has 1 aliphatic carbocycles. The lowest BCUT2D eigenvalue weighted by Crippen LogP contribution is -2.44. The second-order valence-electron chi connectivity index (χ2n) is 6.00. The number of ether oxygens (including phenoxy) is 1. The van der Waals surface area contributed by atoms with Crippen LogP contribution in [-0.4, -0.2) is 38.3 Å². The van der Waals surface area contributed by atoms with Crippen molar-refractivity contribution in [3.63, 3.8) is 0 Å². The monoisotopic (exact) mass is 254 g/mol. The van der Waals surface area contributed by atoms with Crippen molar-refractivity contribution in [1.82, 2.24) is 10.6 Å². The third-order valence-corrected chi connectivity index (χ3v) is 4.03. The number of fused-ring (bicyclic) bond motifs is 1. The number of hydrogen-bond acceptors (Lipinski definition) is 3. The summed E-state index contributed by atoms with van der Waals surface area (Å²) in [6.07, 6.45) is 3.79. The van der Waals surface area contributed by atoms with Crippen LogP contribution in [0.1, 0.15) is 33.1 Å². The highest BCUT2D eigenvalue weighted by molar-refractivity contribution is 5.82. The zero-order chi connectivity index (χ0) is 13.0. The third-order valence-electron chi connectivity index (χ3n) is 4.03. The zero-order valence-electron chi connectivity index (χ0n) is 11.6. The molecule has 1 saturated carbocycles. The lowest BCUT2D eigenvalue weighted by molar-refractivity contribution is -0.124. The van der Waals surface area contributed by atoms with Crippen molar-refractivity contribution in [1.29, 1.82) is 0 Å². The van der Waals surface area contributed by atoms with Gasteiger partial charge in [0.05, 0.1) is 12.6 Å². The molecule has 2 fully saturated rings. The van der Waals surface area contributed by atoms with Crippen LogP contribution in [0.5, 0.6) is 0 Å². The Balaban J connectivity index is 1.63. The van der Waals surface area contributed by atoms with Crippen molar-refractivity contribution in [3.8, 4) is 0 Å². The van der Waals surface area contributed by atoms with E-state index in [-0.39, 0.29) is 11.9 Å². The smallest absolute Gasteiger partial charge is 0.237 e. The SMILES string of the molecule is CC(C)COCCNC(=O)C1NCC2CCCC21. The molecule has 4 heteroatoms. The minimum absolute atomic E-state index is 0.0441. The Labute approximate surface area is 110 Å². The zero-order valence-corrected chi connectivity index (χ0v) is 11.6. The first-order chi connectivity index (χ1) is 8.68. The van der Waals surface area contributed by atoms with Crippen molar-refractivity contribution in [3.05, 3.63) is 0 Å². The molecule has 0 aromatic rings. The van der Waals surface area contributed by atoms with E-state index in [0.29, 0.717) is 25.0 Å². The summed E-state index contributed by atoms with van der Waals surface area (Å²) in [4.78, 5) is 12.1. The normalized spacial score (nSPS) is 30.7. The number of amides is 1. The van der Waals surface area contributed by atoms with Crippen LogP contribution in [0.3, 0.4) is 0 Å². The van der Waals surface area contributed by atoms with E-state index in [1.165, 1.54) is 19.3 Å². The van der Waals surface area contributed by atoms with Crippen LogP contribution in [0, 0.1) is 17.8 Å². The highest BCUT2D eigenvalue weighted by Crippen LogP contribution is 2.37. The quantitative estimate of drug-likeness (QED) is 0.699. The Kier molecular flexibility index (Phi) is 5.01. The standard InChI is InChI=1S/C14H26N2O2/c1-10(2)9-18-7-6-15-14(17)13-12-5-3-4-11(12)8-16-13/h10-13,16H,3-9H2,1-2H3,(H,15,17). The Morgan fingerprint density at radius 2 is 2.28 bits per heavy atom. The summed E-state index contributed by atoms with van der Waals surface area (Å²) >= 11 is 0. The molecule has 104 valence electrons. The molecule has 2 N–H and O–H groups in total. The third kappa shape index (κ3) is 3.45. The summed E-state index contributed by atoms with van der Waals surface area (Å²) in [5, 5.41) is 6.35. The molecule has 2 aliphatic rings. The van der Waals surface area contributed by atoms with Crippen LogP contribution in [0.15, 0.2) is 0 Å². The first-order valence-corrected chi connectivity index (χ1v) is 7.27. The van der Waals surface area contributed by atoms with Gasteiger partial charge >= 0.3 is 0 Å². The van der Waals surface area contributed by atoms with E-state index in [0.717, 1.165) is 19.1 Å². The van der Waals surface area contributed by atoms with Crippen LogP contribution < -0.4 is 10.6 Å². The summed E-state index contributed by atoms with van der Waals surface area (Å²) < 4.78 is 5.46. The first-order valence-electron chi connectivity index (χ1n) is 7.27. The maximum absolute atomic E-state index is 12.1. The Morgan fingerprint density at radius 1 is 1.44 bits per heavy atom. The number of carbonyl (C=O) groups excluding carboxylic acids is 1. The highest BCUT2D eigenvalue weighted by atomic mass is 16.5. The molecule has 0 bridgehead atoms. The van der Waals surface area contributed by atoms with Gasteiger partial charge < -0.3 is 15.4 Å². The Hall–Kier alpha value is -0.610. The number of rotatable bonds is 6. The molecule has 3 atom stereocenters. The van der Waals surface area contributed by atoms with E-state index in [4.69, 9.17) is 4.74 Å². The van der Waals surface area contributed by atoms with E-state index >= 15 is 0 Å². The van der Waals surface area contributed by atoms with Gasteiger partial charge in [-0.05, 0) is 37.1 Å². The molecule has 4 nitrogen and oxygen atoms in total. The van der Waals surface area contributed by atoms with Gasteiger partial charge in [0, 0.05) is 13.2 Å². The van der Waals surface area contributed by atoms with Crippen LogP contribution in [0.2, 0.25) is 0 Å². The molecule has 0 spiro atoms. The van der Waals surface area contributed by atoms with Crippen LogP contribution in [0.4, 0.5) is 0 Å². The maximum atomic E-state index is 12.1. The van der Waals surface area contributed by atoms with Gasteiger partial charge in [-0.1, -0.05) is 20.3 Å². The molecule has 3 unspecified atom stereocenters. The molecule has 18 heavy (non-hydrogen) atoms. The van der Waals surface area contributed by atoms with Gasteiger partial charge in [-0.2, -0.15) is 0 Å². The van der Waals surface area contributed by atoms with E-state index in [1.807, 2.05) is 0 Å². The van der Waals surface area contributed by atoms with Gasteiger partial charge in [-0.25, -0.2) is 0 Å². The van der Waals surface area contributed by atoms with Gasteiger partial charge in [0.2, 0.25) is 5.91 Å². The first kappa shape index (κ1) is 13.8. The Bertz CT molecular complexity index is 281. The largest absolute Gasteiger partial charge is 0.379 e. The summed E-state index contributed by atoms with van der Waals surface area (Å²) in [6, 6.07) is 0.0441. The molecule has 1 aliphatic heterocycles. The molecular weight excluding hydrogens is 228 g/mol. The van der Waals surface area contributed by atoms with Crippen LogP contribution >= 0.6 is 0 Å². The molecule has 1 amide bonds. The summed E-state index contributed by atoms with van der Waals surface area (Å²) in [7, 11) is 0. The molecule has 0 aromatic carbocycles. The minimum atomic E-state index is 0.0441. The van der Waals surface area contributed by atoms with Crippen molar-refractivity contribution in [2.24, 2.45) is 17.8 Å². The average molecular weight is 254 g/mol. The number of hydrogen-bond donors (Lipinski definition) is 2. The summed E-state index contributed by atoms with van der Waals surface area (Å²) in [5.74, 6) is 2.02. The minimum Gasteiger partial charge on any atom is -0.379 e. The molecule has 2 rings (SSSR count). The van der Waals surface area contributed by atoms with Crippen molar-refractivity contribution in [2.45, 2.75) is 39.2 Å². The van der Waals surface area contributed by atoms with Crippen LogP contribution in [0.25, 0.3) is 0 Å². The summed E-state index contributed by atoms with van der Waals surface area (Å²) in [5.41, 5.74) is 0. The fourth-order valence-corrected chi connectivity index (χ4v) is 3.15. The predicted octanol–water partition coefficient (Wildman–Crippen LogP) is 1.16. The topological polar surface area (TPSA) is 50.4 Å². The second-order valence-corrected chi connectivity index (χ2v) is 6.00. The van der Waals surface area contributed by atoms with E-state index in [9.17, 15) is 4.79 Å². The van der Waals surface area contributed by atoms with E-state index < -0.39 is 0 Å². The molecule has 0 aromatic heterocycles. The molecule has 1 heterocycles. The molecule has 1 saturated heterocycles. The lowest BCUT2D eigenvalue weighted by Gasteiger charge is -2.17. The molecular formula is C14H26N2O2. The second kappa shape index (κ2) is 6.53. The van der Waals surface area contributed by atoms with Crippen molar-refractivity contribution in [2.75, 3.05) is 26.3 Å². The van der Waals surface area contributed by atoms with Gasteiger partial charge in [0.15, 0.2) is 0 Å². The van der Waals surface area contributed by atoms with Gasteiger partial charge in [-0.3, -0.25) is 4.79 Å². The number of carbonyl (C=O) groups is 1. The Morgan fingerprint density at radius 3 is 3.06 bits per heavy atom. The van der Waals surface area contributed by atoms with Gasteiger partial charge in [0.1, 0.15) is 0 Å². The maximum Gasteiger partial charge on any atom is 0.237 e. The lowest BCUT2D eigenvalue weighted by atomic mass is 9.94. The van der Waals surface area contributed by atoms with Gasteiger partial charge in [-0.15, -0.1) is 0 Å². The summed E-state index contributed by atoms with van der Waals surface area (Å²) in [6.45, 7) is 7.28. The van der Waals surface area contributed by atoms with Crippen molar-refractivity contribution >= 4 is 5.91 Å². The fourth-order valence-electron chi connectivity index (χ4n) is 3.15. The highest BCUT2D eigenvalue weighted by Gasteiger charge is 2.42. The van der Waals surface area contributed by atoms with E-state index in [2.05, 4.69) is 24.5 Å². The predicted molar refractivity (Wildman–Crippen MR) is 71.3 cm³/mol. The van der Waals surface area contributed by atoms with Gasteiger partial charge in [0.25, 0.3) is 0 Å². The molecule has 0 radical (unpaired) electrons.